The number of imidazole rings is 1. The molecule has 34 heavy (non-hydrogen) atoms. The van der Waals surface area contributed by atoms with Crippen LogP contribution in [-0.4, -0.2) is 42.7 Å². The highest BCUT2D eigenvalue weighted by molar-refractivity contribution is 5.94. The molecule has 0 unspecified atom stereocenters. The van der Waals surface area contributed by atoms with E-state index in [0.29, 0.717) is 22.8 Å². The summed E-state index contributed by atoms with van der Waals surface area (Å²) in [5, 5.41) is 3.73. The van der Waals surface area contributed by atoms with E-state index < -0.39 is 11.7 Å². The van der Waals surface area contributed by atoms with E-state index in [1.165, 1.54) is 32.8 Å². The summed E-state index contributed by atoms with van der Waals surface area (Å²) in [6.45, 7) is 5.03. The van der Waals surface area contributed by atoms with Crippen LogP contribution in [0.1, 0.15) is 48.5 Å². The van der Waals surface area contributed by atoms with Gasteiger partial charge in [0.1, 0.15) is 11.2 Å². The van der Waals surface area contributed by atoms with Gasteiger partial charge in [0, 0.05) is 12.1 Å². The number of carbonyl (C=O) groups is 1. The second-order valence-corrected chi connectivity index (χ2v) is 9.11. The first-order valence-electron chi connectivity index (χ1n) is 11.4. The maximum absolute atomic E-state index is 12.3. The lowest BCUT2D eigenvalue weighted by atomic mass is 9.83. The highest BCUT2D eigenvalue weighted by Gasteiger charge is 2.23. The molecule has 0 radical (unpaired) electrons. The number of rotatable bonds is 5. The van der Waals surface area contributed by atoms with E-state index in [0.717, 1.165) is 29.1 Å². The zero-order chi connectivity index (χ0) is 23.8. The van der Waals surface area contributed by atoms with Crippen LogP contribution in [0.25, 0.3) is 34.1 Å². The lowest BCUT2D eigenvalue weighted by Gasteiger charge is -2.26. The van der Waals surface area contributed by atoms with Crippen LogP contribution < -0.4 is 5.76 Å². The molecule has 0 saturated heterocycles. The summed E-state index contributed by atoms with van der Waals surface area (Å²) >= 11 is 0. The molecule has 0 atom stereocenters. The molecular formula is C24H26N6O4. The minimum absolute atomic E-state index is 0.116. The Balaban J connectivity index is 1.67. The number of hydrogen-bond acceptors (Lipinski definition) is 8. The Morgan fingerprint density at radius 3 is 2.71 bits per heavy atom. The van der Waals surface area contributed by atoms with Gasteiger partial charge in [0.2, 0.25) is 11.6 Å². The molecule has 10 heteroatoms. The van der Waals surface area contributed by atoms with E-state index in [9.17, 15) is 9.59 Å². The Morgan fingerprint density at radius 1 is 1.21 bits per heavy atom. The summed E-state index contributed by atoms with van der Waals surface area (Å²) in [6, 6.07) is 5.46. The Kier molecular flexibility index (Phi) is 5.72. The second-order valence-electron chi connectivity index (χ2n) is 9.11. The summed E-state index contributed by atoms with van der Waals surface area (Å²) < 4.78 is 11.7. The van der Waals surface area contributed by atoms with Crippen LogP contribution in [0.4, 0.5) is 0 Å². The van der Waals surface area contributed by atoms with Gasteiger partial charge in [-0.3, -0.25) is 9.51 Å². The number of aryl methyl sites for hydroxylation is 1. The monoisotopic (exact) mass is 462 g/mol. The topological polar surface area (TPSA) is 129 Å². The zero-order valence-electron chi connectivity index (χ0n) is 19.4. The van der Waals surface area contributed by atoms with Crippen LogP contribution in [0.5, 0.6) is 0 Å². The number of methoxy groups -OCH3 is 1. The van der Waals surface area contributed by atoms with Crippen molar-refractivity contribution in [2.24, 2.45) is 11.8 Å². The largest absolute Gasteiger partial charge is 0.465 e. The molecule has 1 aromatic carbocycles. The van der Waals surface area contributed by atoms with Gasteiger partial charge in [-0.05, 0) is 55.4 Å². The van der Waals surface area contributed by atoms with E-state index in [1.807, 2.05) is 13.0 Å². The highest BCUT2D eigenvalue weighted by atomic mass is 16.5. The minimum atomic E-state index is -0.694. The van der Waals surface area contributed by atoms with Crippen molar-refractivity contribution in [3.63, 3.8) is 0 Å². The number of carbonyl (C=O) groups excluding carboxylic acids is 1. The molecule has 3 heterocycles. The first-order chi connectivity index (χ1) is 16.4. The fourth-order valence-corrected chi connectivity index (χ4v) is 4.70. The molecular weight excluding hydrogens is 436 g/mol. The number of nitrogens with zero attached hydrogens (tertiary/aromatic N) is 5. The molecule has 0 bridgehead atoms. The predicted octanol–water partition coefficient (Wildman–Crippen LogP) is 3.76. The number of aromatic nitrogens is 6. The third-order valence-corrected chi connectivity index (χ3v) is 6.49. The quantitative estimate of drug-likeness (QED) is 0.444. The number of fused-ring (bicyclic) bond motifs is 1. The molecule has 1 aliphatic rings. The van der Waals surface area contributed by atoms with Crippen LogP contribution in [0.15, 0.2) is 33.8 Å². The van der Waals surface area contributed by atoms with Gasteiger partial charge in [0.05, 0.1) is 19.0 Å². The number of H-pyrrole nitrogens is 1. The Bertz CT molecular complexity index is 1410. The van der Waals surface area contributed by atoms with Crippen LogP contribution in [-0.2, 0) is 11.3 Å². The van der Waals surface area contributed by atoms with Crippen molar-refractivity contribution in [3.05, 3.63) is 46.2 Å². The van der Waals surface area contributed by atoms with E-state index in [1.54, 1.807) is 18.5 Å². The van der Waals surface area contributed by atoms with Gasteiger partial charge >= 0.3 is 11.7 Å². The molecule has 0 amide bonds. The first kappa shape index (κ1) is 22.0. The molecule has 0 aliphatic heterocycles. The molecule has 0 spiro atoms. The van der Waals surface area contributed by atoms with Crippen molar-refractivity contribution in [3.8, 4) is 22.9 Å². The van der Waals surface area contributed by atoms with E-state index in [-0.39, 0.29) is 11.6 Å². The molecule has 1 fully saturated rings. The minimum Gasteiger partial charge on any atom is -0.465 e. The van der Waals surface area contributed by atoms with Crippen molar-refractivity contribution in [2.45, 2.75) is 46.1 Å². The average Bonchev–Trinajstić information content (AvgIpc) is 3.45. The highest BCUT2D eigenvalue weighted by Crippen LogP contribution is 2.33. The molecule has 1 aliphatic carbocycles. The molecule has 176 valence electrons. The van der Waals surface area contributed by atoms with E-state index >= 15 is 0 Å². The van der Waals surface area contributed by atoms with Gasteiger partial charge in [-0.1, -0.05) is 24.9 Å². The van der Waals surface area contributed by atoms with Gasteiger partial charge in [0.25, 0.3) is 0 Å². The smallest absolute Gasteiger partial charge is 0.439 e. The number of ether oxygens (including phenoxy) is 1. The summed E-state index contributed by atoms with van der Waals surface area (Å²) in [4.78, 5) is 40.1. The van der Waals surface area contributed by atoms with Gasteiger partial charge in [0.15, 0.2) is 5.65 Å². The fraction of sp³-hybridized carbons (Fsp3) is 0.417. The summed E-state index contributed by atoms with van der Waals surface area (Å²) in [5.74, 6) is 0.500. The maximum atomic E-state index is 12.3. The standard InChI is InChI=1S/C24H26N6O4/c1-13-4-6-15(7-5-13)11-30-12-25-20-19(30)18(26-21(27-20)22-28-24(32)34-29-22)16-8-14(2)9-17(10-16)23(31)33-3/h8-10,12-13,15H,4-7,11H2,1-3H3,(H,28,29,32)/t13-,15-. The van der Waals surface area contributed by atoms with Crippen LogP contribution in [0.3, 0.4) is 0 Å². The molecule has 1 N–H and O–H groups in total. The normalized spacial score (nSPS) is 18.3. The number of hydrogen-bond donors (Lipinski definition) is 1. The van der Waals surface area contributed by atoms with Gasteiger partial charge < -0.3 is 9.30 Å². The maximum Gasteiger partial charge on any atom is 0.439 e. The molecule has 1 saturated carbocycles. The van der Waals surface area contributed by atoms with Crippen molar-refractivity contribution < 1.29 is 14.1 Å². The van der Waals surface area contributed by atoms with Crippen molar-refractivity contribution >= 4 is 17.1 Å². The Morgan fingerprint density at radius 2 is 2.00 bits per heavy atom. The van der Waals surface area contributed by atoms with E-state index in [4.69, 9.17) is 9.72 Å². The summed E-state index contributed by atoms with van der Waals surface area (Å²) in [7, 11) is 1.35. The molecule has 3 aromatic heterocycles. The summed E-state index contributed by atoms with van der Waals surface area (Å²) in [5.41, 5.74) is 3.88. The molecule has 10 nitrogen and oxygen atoms in total. The lowest BCUT2D eigenvalue weighted by molar-refractivity contribution is 0.0600. The van der Waals surface area contributed by atoms with Crippen LogP contribution in [0, 0.1) is 18.8 Å². The predicted molar refractivity (Wildman–Crippen MR) is 124 cm³/mol. The fourth-order valence-electron chi connectivity index (χ4n) is 4.70. The lowest BCUT2D eigenvalue weighted by Crippen LogP contribution is -2.17. The van der Waals surface area contributed by atoms with Gasteiger partial charge in [-0.2, -0.15) is 0 Å². The summed E-state index contributed by atoms with van der Waals surface area (Å²) in [6.07, 6.45) is 6.58. The number of esters is 1. The zero-order valence-corrected chi connectivity index (χ0v) is 19.4. The Labute approximate surface area is 195 Å². The first-order valence-corrected chi connectivity index (χ1v) is 11.4. The van der Waals surface area contributed by atoms with Gasteiger partial charge in [-0.15, -0.1) is 0 Å². The number of benzene rings is 1. The average molecular weight is 463 g/mol. The second kappa shape index (κ2) is 8.85. The SMILES string of the molecule is COC(=O)c1cc(C)cc(-c2nc(-c3noc(=O)[nH]3)nc3ncn(C[C@H]4CC[C@H](C)CC4)c23)c1. The number of nitrogens with one attached hydrogen (secondary N) is 1. The third kappa shape index (κ3) is 4.23. The van der Waals surface area contributed by atoms with Gasteiger partial charge in [-0.25, -0.2) is 24.5 Å². The molecule has 4 aromatic rings. The Hall–Kier alpha value is -3.82. The van der Waals surface area contributed by atoms with E-state index in [2.05, 4.69) is 36.1 Å². The van der Waals surface area contributed by atoms with Crippen molar-refractivity contribution in [1.82, 2.24) is 29.7 Å². The van der Waals surface area contributed by atoms with Crippen molar-refractivity contribution in [1.29, 1.82) is 0 Å². The number of aromatic amines is 1. The third-order valence-electron chi connectivity index (χ3n) is 6.49. The van der Waals surface area contributed by atoms with Crippen molar-refractivity contribution in [2.75, 3.05) is 7.11 Å². The molecule has 5 rings (SSSR count). The van der Waals surface area contributed by atoms with Crippen LogP contribution >= 0.6 is 0 Å². The van der Waals surface area contributed by atoms with Crippen LogP contribution in [0.2, 0.25) is 0 Å².